The summed E-state index contributed by atoms with van der Waals surface area (Å²) in [5.74, 6) is 2.59. The van der Waals surface area contributed by atoms with Crippen LogP contribution in [0.1, 0.15) is 49.9 Å². The van der Waals surface area contributed by atoms with E-state index in [1.54, 1.807) is 0 Å². The van der Waals surface area contributed by atoms with Crippen LogP contribution in [0.4, 0.5) is 4.79 Å². The molecule has 1 aliphatic rings. The molecule has 0 spiro atoms. The van der Waals surface area contributed by atoms with Crippen LogP contribution in [-0.2, 0) is 13.1 Å². The van der Waals surface area contributed by atoms with Crippen molar-refractivity contribution < 1.29 is 4.79 Å². The van der Waals surface area contributed by atoms with Crippen LogP contribution in [0.2, 0.25) is 0 Å². The van der Waals surface area contributed by atoms with Gasteiger partial charge in [0.05, 0.1) is 18.6 Å². The fourth-order valence-corrected chi connectivity index (χ4v) is 3.21. The number of likely N-dealkylation sites (tertiary alicyclic amines) is 1. The average Bonchev–Trinajstić information content (AvgIpc) is 3.21. The number of hydrogen-bond acceptors (Lipinski definition) is 4. The molecule has 0 saturated carbocycles. The average molecular weight is 345 g/mol. The molecule has 2 aromatic rings. The molecule has 0 aliphatic carbocycles. The SMILES string of the molecule is Cc1nc(C2CCN(C(=O)NCc3cncn3CC(C)C)CC2)n[nH]1. The lowest BCUT2D eigenvalue weighted by molar-refractivity contribution is 0.179. The van der Waals surface area contributed by atoms with Crippen molar-refractivity contribution in [2.75, 3.05) is 13.1 Å². The van der Waals surface area contributed by atoms with Gasteiger partial charge in [0.2, 0.25) is 0 Å². The highest BCUT2D eigenvalue weighted by Gasteiger charge is 2.26. The lowest BCUT2D eigenvalue weighted by atomic mass is 9.96. The lowest BCUT2D eigenvalue weighted by Gasteiger charge is -2.30. The number of carbonyl (C=O) groups is 1. The van der Waals surface area contributed by atoms with E-state index in [2.05, 4.69) is 43.9 Å². The third-order valence-corrected chi connectivity index (χ3v) is 4.54. The molecule has 136 valence electrons. The molecular weight excluding hydrogens is 318 g/mol. The van der Waals surface area contributed by atoms with Gasteiger partial charge in [0.1, 0.15) is 5.82 Å². The van der Waals surface area contributed by atoms with Gasteiger partial charge in [-0.05, 0) is 25.7 Å². The third-order valence-electron chi connectivity index (χ3n) is 4.54. The van der Waals surface area contributed by atoms with E-state index in [0.717, 1.165) is 49.8 Å². The summed E-state index contributed by atoms with van der Waals surface area (Å²) < 4.78 is 2.10. The van der Waals surface area contributed by atoms with Crippen molar-refractivity contribution in [3.63, 3.8) is 0 Å². The van der Waals surface area contributed by atoms with Gasteiger partial charge in [0.25, 0.3) is 0 Å². The molecule has 8 nitrogen and oxygen atoms in total. The van der Waals surface area contributed by atoms with Gasteiger partial charge in [0, 0.05) is 31.7 Å². The number of nitrogens with zero attached hydrogens (tertiary/aromatic N) is 5. The van der Waals surface area contributed by atoms with Crippen LogP contribution in [0.15, 0.2) is 12.5 Å². The summed E-state index contributed by atoms with van der Waals surface area (Å²) in [7, 11) is 0. The first-order chi connectivity index (χ1) is 12.0. The highest BCUT2D eigenvalue weighted by Crippen LogP contribution is 2.25. The number of nitrogens with one attached hydrogen (secondary N) is 2. The van der Waals surface area contributed by atoms with Crippen molar-refractivity contribution in [1.29, 1.82) is 0 Å². The number of H-pyrrole nitrogens is 1. The molecule has 0 radical (unpaired) electrons. The molecule has 25 heavy (non-hydrogen) atoms. The number of piperidine rings is 1. The third kappa shape index (κ3) is 4.37. The topological polar surface area (TPSA) is 91.7 Å². The van der Waals surface area contributed by atoms with Crippen molar-refractivity contribution in [1.82, 2.24) is 34.9 Å². The fraction of sp³-hybridized carbons (Fsp3) is 0.647. The Bertz CT molecular complexity index is 697. The molecule has 1 fully saturated rings. The number of aromatic amines is 1. The molecule has 2 amide bonds. The summed E-state index contributed by atoms with van der Waals surface area (Å²) in [5.41, 5.74) is 1.04. The maximum Gasteiger partial charge on any atom is 0.317 e. The first-order valence-corrected chi connectivity index (χ1v) is 8.93. The van der Waals surface area contributed by atoms with E-state index in [1.807, 2.05) is 24.3 Å². The number of aromatic nitrogens is 5. The van der Waals surface area contributed by atoms with Crippen LogP contribution in [-0.4, -0.2) is 48.8 Å². The van der Waals surface area contributed by atoms with E-state index < -0.39 is 0 Å². The zero-order chi connectivity index (χ0) is 17.8. The minimum absolute atomic E-state index is 0.0121. The van der Waals surface area contributed by atoms with Crippen LogP contribution in [0.3, 0.4) is 0 Å². The summed E-state index contributed by atoms with van der Waals surface area (Å²) in [6.07, 6.45) is 5.44. The Morgan fingerprint density at radius 2 is 2.16 bits per heavy atom. The van der Waals surface area contributed by atoms with Crippen LogP contribution >= 0.6 is 0 Å². The maximum atomic E-state index is 12.4. The molecule has 3 rings (SSSR count). The van der Waals surface area contributed by atoms with Gasteiger partial charge < -0.3 is 14.8 Å². The number of urea groups is 1. The Balaban J connectivity index is 1.48. The second-order valence-corrected chi connectivity index (χ2v) is 7.13. The van der Waals surface area contributed by atoms with Crippen LogP contribution in [0.25, 0.3) is 0 Å². The molecular formula is C17H27N7O. The Labute approximate surface area is 148 Å². The molecule has 0 aromatic carbocycles. The molecule has 8 heteroatoms. The lowest BCUT2D eigenvalue weighted by Crippen LogP contribution is -2.44. The van der Waals surface area contributed by atoms with Crippen LogP contribution < -0.4 is 5.32 Å². The van der Waals surface area contributed by atoms with Crippen molar-refractivity contribution in [3.05, 3.63) is 29.9 Å². The van der Waals surface area contributed by atoms with Gasteiger partial charge in [-0.15, -0.1) is 0 Å². The number of hydrogen-bond donors (Lipinski definition) is 2. The maximum absolute atomic E-state index is 12.4. The summed E-state index contributed by atoms with van der Waals surface area (Å²) in [6.45, 7) is 9.12. The summed E-state index contributed by atoms with van der Waals surface area (Å²) in [6, 6.07) is -0.0121. The molecule has 3 heterocycles. The predicted octanol–water partition coefficient (Wildman–Crippen LogP) is 2.05. The highest BCUT2D eigenvalue weighted by atomic mass is 16.2. The van der Waals surface area contributed by atoms with Crippen molar-refractivity contribution in [2.45, 2.75) is 52.6 Å². The largest absolute Gasteiger partial charge is 0.333 e. The molecule has 0 atom stereocenters. The molecule has 0 bridgehead atoms. The standard InChI is InChI=1S/C17H27N7O/c1-12(2)10-24-11-18-8-15(24)9-19-17(25)23-6-4-14(5-7-23)16-20-13(3)21-22-16/h8,11-12,14H,4-7,9-10H2,1-3H3,(H,19,25)(H,20,21,22). The van der Waals surface area contributed by atoms with Crippen molar-refractivity contribution >= 4 is 6.03 Å². The Hall–Kier alpha value is -2.38. The number of amides is 2. The quantitative estimate of drug-likeness (QED) is 0.867. The molecule has 0 unspecified atom stereocenters. The minimum atomic E-state index is -0.0121. The summed E-state index contributed by atoms with van der Waals surface area (Å²) >= 11 is 0. The van der Waals surface area contributed by atoms with Gasteiger partial charge in [-0.2, -0.15) is 5.10 Å². The number of imidazole rings is 1. The second kappa shape index (κ2) is 7.67. The predicted molar refractivity (Wildman–Crippen MR) is 94.0 cm³/mol. The van der Waals surface area contributed by atoms with Gasteiger partial charge in [0.15, 0.2) is 5.82 Å². The highest BCUT2D eigenvalue weighted by molar-refractivity contribution is 5.74. The first-order valence-electron chi connectivity index (χ1n) is 8.93. The zero-order valence-corrected chi connectivity index (χ0v) is 15.2. The Morgan fingerprint density at radius 3 is 2.80 bits per heavy atom. The van der Waals surface area contributed by atoms with Gasteiger partial charge >= 0.3 is 6.03 Å². The smallest absolute Gasteiger partial charge is 0.317 e. The zero-order valence-electron chi connectivity index (χ0n) is 15.2. The Morgan fingerprint density at radius 1 is 1.40 bits per heavy atom. The van der Waals surface area contributed by atoms with Gasteiger partial charge in [-0.1, -0.05) is 13.8 Å². The summed E-state index contributed by atoms with van der Waals surface area (Å²) in [4.78, 5) is 22.9. The second-order valence-electron chi connectivity index (χ2n) is 7.13. The fourth-order valence-electron chi connectivity index (χ4n) is 3.21. The number of rotatable bonds is 5. The molecule has 1 saturated heterocycles. The number of aryl methyl sites for hydroxylation is 1. The monoisotopic (exact) mass is 345 g/mol. The van der Waals surface area contributed by atoms with E-state index in [-0.39, 0.29) is 6.03 Å². The van der Waals surface area contributed by atoms with Gasteiger partial charge in [-0.25, -0.2) is 14.8 Å². The van der Waals surface area contributed by atoms with Crippen LogP contribution in [0, 0.1) is 12.8 Å². The number of carbonyl (C=O) groups excluding carboxylic acids is 1. The first kappa shape index (κ1) is 17.4. The minimum Gasteiger partial charge on any atom is -0.333 e. The summed E-state index contributed by atoms with van der Waals surface area (Å²) in [5, 5.41) is 10.2. The van der Waals surface area contributed by atoms with Crippen molar-refractivity contribution in [2.24, 2.45) is 5.92 Å². The van der Waals surface area contributed by atoms with E-state index >= 15 is 0 Å². The van der Waals surface area contributed by atoms with Crippen molar-refractivity contribution in [3.8, 4) is 0 Å². The van der Waals surface area contributed by atoms with Crippen LogP contribution in [0.5, 0.6) is 0 Å². The van der Waals surface area contributed by atoms with Gasteiger partial charge in [-0.3, -0.25) is 5.10 Å². The van der Waals surface area contributed by atoms with E-state index in [0.29, 0.717) is 18.4 Å². The van der Waals surface area contributed by atoms with E-state index in [1.165, 1.54) is 0 Å². The Kier molecular flexibility index (Phi) is 5.35. The van der Waals surface area contributed by atoms with E-state index in [9.17, 15) is 4.79 Å². The van der Waals surface area contributed by atoms with E-state index in [4.69, 9.17) is 0 Å². The molecule has 2 N–H and O–H groups in total. The molecule has 2 aromatic heterocycles. The molecule has 1 aliphatic heterocycles. The normalized spacial score (nSPS) is 15.8.